The topological polar surface area (TPSA) is 88.5 Å². The summed E-state index contributed by atoms with van der Waals surface area (Å²) in [4.78, 5) is 2.25. The maximum Gasteiger partial charge on any atom is 0.247 e. The minimum Gasteiger partial charge on any atom is -0.487 e. The zero-order chi connectivity index (χ0) is 26.6. The average molecular weight is 529 g/mol. The highest BCUT2D eigenvalue weighted by Gasteiger charge is 2.38. The van der Waals surface area contributed by atoms with Gasteiger partial charge in [0, 0.05) is 43.6 Å². The minimum absolute atomic E-state index is 0.101. The molecule has 0 radical (unpaired) electrons. The van der Waals surface area contributed by atoms with Crippen LogP contribution in [0.2, 0.25) is 0 Å². The van der Waals surface area contributed by atoms with Gasteiger partial charge in [0.05, 0.1) is 6.61 Å². The van der Waals surface area contributed by atoms with Gasteiger partial charge < -0.3 is 19.3 Å². The van der Waals surface area contributed by atoms with Crippen LogP contribution in [0.1, 0.15) is 44.7 Å². The van der Waals surface area contributed by atoms with Crippen LogP contribution in [-0.4, -0.2) is 68.4 Å². The molecule has 2 aromatic rings. The normalized spacial score (nSPS) is 21.2. The van der Waals surface area contributed by atoms with Crippen LogP contribution < -0.4 is 14.2 Å². The summed E-state index contributed by atoms with van der Waals surface area (Å²) >= 11 is 0. The van der Waals surface area contributed by atoms with E-state index in [2.05, 4.69) is 23.7 Å². The fourth-order valence-electron chi connectivity index (χ4n) is 4.53. The molecule has 0 aliphatic carbocycles. The summed E-state index contributed by atoms with van der Waals surface area (Å²) in [6.07, 6.45) is 1.43. The van der Waals surface area contributed by atoms with Crippen LogP contribution in [0.3, 0.4) is 0 Å². The second-order valence-corrected chi connectivity index (χ2v) is 11.7. The Hall–Kier alpha value is -2.77. The number of ether oxygens (including phenoxy) is 3. The van der Waals surface area contributed by atoms with E-state index in [1.54, 1.807) is 25.1 Å². The Bertz CT molecular complexity index is 1270. The first kappa shape index (κ1) is 27.3. The van der Waals surface area contributed by atoms with E-state index < -0.39 is 16.1 Å². The number of fused-ring (bicyclic) bond motifs is 2. The molecule has 0 bridgehead atoms. The predicted molar refractivity (Wildman–Crippen MR) is 141 cm³/mol. The van der Waals surface area contributed by atoms with Crippen LogP contribution in [0.25, 0.3) is 0 Å². The first-order chi connectivity index (χ1) is 17.7. The Morgan fingerprint density at radius 1 is 1.16 bits per heavy atom. The van der Waals surface area contributed by atoms with Gasteiger partial charge in [-0.1, -0.05) is 31.8 Å². The lowest BCUT2D eigenvalue weighted by Gasteiger charge is -2.37. The monoisotopic (exact) mass is 528 g/mol. The second-order valence-electron chi connectivity index (χ2n) is 9.84. The lowest BCUT2D eigenvalue weighted by molar-refractivity contribution is 0.0733. The largest absolute Gasteiger partial charge is 0.487 e. The average Bonchev–Trinajstić information content (AvgIpc) is 3.34. The van der Waals surface area contributed by atoms with Crippen LogP contribution in [0.15, 0.2) is 41.3 Å². The van der Waals surface area contributed by atoms with Gasteiger partial charge in [0.1, 0.15) is 16.7 Å². The van der Waals surface area contributed by atoms with Crippen molar-refractivity contribution >= 4 is 10.0 Å². The van der Waals surface area contributed by atoms with Crippen LogP contribution in [-0.2, 0) is 16.6 Å². The van der Waals surface area contributed by atoms with E-state index in [0.29, 0.717) is 24.4 Å². The molecule has 0 spiro atoms. The summed E-state index contributed by atoms with van der Waals surface area (Å²) < 4.78 is 46.0. The third-order valence-electron chi connectivity index (χ3n) is 6.66. The SMILES string of the molecule is CCCC#Cc1ccc2c(c1)O[C@@H](CN(C)Cc1ccc3c(c1)OCO3)[C@H](C)CN([C@@H](C)CO)S2(=O)=O. The molecule has 0 unspecified atom stereocenters. The molecular formula is C28H36N2O6S. The molecule has 9 heteroatoms. The number of aliphatic hydroxyl groups excluding tert-OH is 1. The lowest BCUT2D eigenvalue weighted by Crippen LogP contribution is -2.49. The number of rotatable bonds is 7. The van der Waals surface area contributed by atoms with Crippen molar-refractivity contribution in [1.82, 2.24) is 9.21 Å². The second kappa shape index (κ2) is 11.7. The molecule has 2 aromatic carbocycles. The molecule has 200 valence electrons. The summed E-state index contributed by atoms with van der Waals surface area (Å²) in [5.41, 5.74) is 1.79. The highest BCUT2D eigenvalue weighted by molar-refractivity contribution is 7.89. The minimum atomic E-state index is -3.87. The van der Waals surface area contributed by atoms with Crippen molar-refractivity contribution < 1.29 is 27.7 Å². The molecule has 4 rings (SSSR count). The van der Waals surface area contributed by atoms with Crippen molar-refractivity contribution in [2.75, 3.05) is 33.5 Å². The zero-order valence-corrected chi connectivity index (χ0v) is 22.8. The van der Waals surface area contributed by atoms with Crippen LogP contribution in [0.5, 0.6) is 17.2 Å². The Labute approximate surface area is 220 Å². The molecule has 0 aromatic heterocycles. The van der Waals surface area contributed by atoms with E-state index in [0.717, 1.165) is 29.9 Å². The summed E-state index contributed by atoms with van der Waals surface area (Å²) in [5, 5.41) is 9.84. The molecule has 0 saturated heterocycles. The van der Waals surface area contributed by atoms with Crippen molar-refractivity contribution in [3.63, 3.8) is 0 Å². The molecule has 0 fully saturated rings. The van der Waals surface area contributed by atoms with Gasteiger partial charge in [-0.2, -0.15) is 4.31 Å². The molecule has 8 nitrogen and oxygen atoms in total. The first-order valence-corrected chi connectivity index (χ1v) is 14.2. The summed E-state index contributed by atoms with van der Waals surface area (Å²) in [6.45, 7) is 7.21. The fourth-order valence-corrected chi connectivity index (χ4v) is 6.36. The number of likely N-dealkylation sites (N-methyl/N-ethyl adjacent to an activating group) is 1. The van der Waals surface area contributed by atoms with E-state index in [9.17, 15) is 13.5 Å². The van der Waals surface area contributed by atoms with Gasteiger partial charge in [0.2, 0.25) is 16.8 Å². The fraction of sp³-hybridized carbons (Fsp3) is 0.500. The third-order valence-corrected chi connectivity index (χ3v) is 8.68. The van der Waals surface area contributed by atoms with Crippen LogP contribution >= 0.6 is 0 Å². The predicted octanol–water partition coefficient (Wildman–Crippen LogP) is 3.47. The molecule has 0 saturated carbocycles. The first-order valence-electron chi connectivity index (χ1n) is 12.7. The van der Waals surface area contributed by atoms with Gasteiger partial charge in [-0.05, 0) is 56.3 Å². The van der Waals surface area contributed by atoms with Crippen LogP contribution in [0.4, 0.5) is 0 Å². The van der Waals surface area contributed by atoms with E-state index in [1.165, 1.54) is 4.31 Å². The van der Waals surface area contributed by atoms with E-state index >= 15 is 0 Å². The summed E-state index contributed by atoms with van der Waals surface area (Å²) in [6, 6.07) is 10.4. The maximum atomic E-state index is 13.6. The van der Waals surface area contributed by atoms with Crippen LogP contribution in [0, 0.1) is 17.8 Å². The van der Waals surface area contributed by atoms with Gasteiger partial charge in [0.25, 0.3) is 0 Å². The van der Waals surface area contributed by atoms with E-state index in [4.69, 9.17) is 14.2 Å². The Balaban J connectivity index is 1.63. The van der Waals surface area contributed by atoms with Gasteiger partial charge >= 0.3 is 0 Å². The highest BCUT2D eigenvalue weighted by Crippen LogP contribution is 2.35. The molecule has 3 atom stereocenters. The summed E-state index contributed by atoms with van der Waals surface area (Å²) in [5.74, 6) is 7.88. The smallest absolute Gasteiger partial charge is 0.247 e. The number of hydrogen-bond acceptors (Lipinski definition) is 7. The Morgan fingerprint density at radius 2 is 1.95 bits per heavy atom. The van der Waals surface area contributed by atoms with Crippen molar-refractivity contribution in [3.8, 4) is 29.1 Å². The van der Waals surface area contributed by atoms with Crippen molar-refractivity contribution in [3.05, 3.63) is 47.5 Å². The Morgan fingerprint density at radius 3 is 2.70 bits per heavy atom. The lowest BCUT2D eigenvalue weighted by atomic mass is 10.0. The molecule has 2 heterocycles. The van der Waals surface area contributed by atoms with Gasteiger partial charge in [-0.15, -0.1) is 0 Å². The number of hydrogen-bond donors (Lipinski definition) is 1. The quantitative estimate of drug-likeness (QED) is 0.551. The molecule has 2 aliphatic heterocycles. The maximum absolute atomic E-state index is 13.6. The summed E-state index contributed by atoms with van der Waals surface area (Å²) in [7, 11) is -1.86. The van der Waals surface area contributed by atoms with Crippen molar-refractivity contribution in [1.29, 1.82) is 0 Å². The molecular weight excluding hydrogens is 492 g/mol. The molecule has 37 heavy (non-hydrogen) atoms. The number of benzene rings is 2. The standard InChI is InChI=1S/C28H36N2O6S/c1-5-6-7-8-22-10-12-28-26(13-22)36-27(20(2)15-30(21(3)18-31)37(28,32)33)17-29(4)16-23-9-11-24-25(14-23)35-19-34-24/h9-14,20-21,27,31H,5-6,15-19H2,1-4H3/t20-,21+,27+/m1/s1. The molecule has 0 amide bonds. The number of unbranched alkanes of at least 4 members (excludes halogenated alkanes) is 1. The third kappa shape index (κ3) is 6.21. The van der Waals surface area contributed by atoms with Gasteiger partial charge in [0.15, 0.2) is 11.5 Å². The Kier molecular flexibility index (Phi) is 8.65. The van der Waals surface area contributed by atoms with E-state index in [1.807, 2.05) is 32.2 Å². The number of nitrogens with zero attached hydrogens (tertiary/aromatic N) is 2. The van der Waals surface area contributed by atoms with Gasteiger partial charge in [-0.25, -0.2) is 8.42 Å². The van der Waals surface area contributed by atoms with Crippen molar-refractivity contribution in [2.45, 2.75) is 57.2 Å². The van der Waals surface area contributed by atoms with Gasteiger partial charge in [-0.3, -0.25) is 4.90 Å². The van der Waals surface area contributed by atoms with E-state index in [-0.39, 0.29) is 36.9 Å². The number of sulfonamides is 1. The molecule has 2 aliphatic rings. The van der Waals surface area contributed by atoms with Crippen molar-refractivity contribution in [2.24, 2.45) is 5.92 Å². The zero-order valence-electron chi connectivity index (χ0n) is 21.9. The highest BCUT2D eigenvalue weighted by atomic mass is 32.2. The molecule has 1 N–H and O–H groups in total. The number of aliphatic hydroxyl groups is 1.